The van der Waals surface area contributed by atoms with Gasteiger partial charge in [0, 0.05) is 25.2 Å². The first-order chi connectivity index (χ1) is 10.3. The third-order valence-corrected chi connectivity index (χ3v) is 3.98. The Balaban J connectivity index is 1.81. The third kappa shape index (κ3) is 3.14. The van der Waals surface area contributed by atoms with Gasteiger partial charge >= 0.3 is 0 Å². The van der Waals surface area contributed by atoms with Crippen LogP contribution >= 0.6 is 0 Å². The van der Waals surface area contributed by atoms with Gasteiger partial charge in [0.2, 0.25) is 0 Å². The predicted octanol–water partition coefficient (Wildman–Crippen LogP) is 0.382. The van der Waals surface area contributed by atoms with E-state index in [1.807, 2.05) is 0 Å². The van der Waals surface area contributed by atoms with Crippen LogP contribution in [0, 0.1) is 0 Å². The number of nitrogens with one attached hydrogen (secondary N) is 2. The SMILES string of the molecule is CCCN(Cc1cc(=O)n2[nH]cnc2n1)C1CCCNC1. The molecule has 0 spiro atoms. The average Bonchev–Trinajstić information content (AvgIpc) is 2.97. The number of aromatic nitrogens is 4. The molecule has 2 aromatic heterocycles. The van der Waals surface area contributed by atoms with E-state index < -0.39 is 0 Å². The van der Waals surface area contributed by atoms with Crippen LogP contribution in [0.25, 0.3) is 5.78 Å². The Morgan fingerprint density at radius 1 is 1.52 bits per heavy atom. The number of aromatic amines is 1. The summed E-state index contributed by atoms with van der Waals surface area (Å²) < 4.78 is 1.36. The van der Waals surface area contributed by atoms with Gasteiger partial charge in [-0.25, -0.2) is 9.97 Å². The summed E-state index contributed by atoms with van der Waals surface area (Å²) in [4.78, 5) is 23.0. The fourth-order valence-corrected chi connectivity index (χ4v) is 2.98. The van der Waals surface area contributed by atoms with Crippen LogP contribution in [-0.2, 0) is 6.54 Å². The van der Waals surface area contributed by atoms with Gasteiger partial charge in [0.05, 0.1) is 5.69 Å². The fourth-order valence-electron chi connectivity index (χ4n) is 2.98. The third-order valence-electron chi connectivity index (χ3n) is 3.98. The average molecular weight is 290 g/mol. The molecule has 7 heteroatoms. The number of hydrogen-bond donors (Lipinski definition) is 2. The largest absolute Gasteiger partial charge is 0.315 e. The van der Waals surface area contributed by atoms with E-state index in [1.54, 1.807) is 6.07 Å². The Morgan fingerprint density at radius 3 is 3.19 bits per heavy atom. The molecule has 1 saturated heterocycles. The maximum atomic E-state index is 12.0. The van der Waals surface area contributed by atoms with Crippen molar-refractivity contribution in [3.63, 3.8) is 0 Å². The first-order valence-electron chi connectivity index (χ1n) is 7.64. The Bertz CT molecular complexity index is 642. The van der Waals surface area contributed by atoms with Crippen LogP contribution in [0.15, 0.2) is 17.2 Å². The summed E-state index contributed by atoms with van der Waals surface area (Å²) in [6.45, 7) is 6.04. The van der Waals surface area contributed by atoms with Crippen LogP contribution in [0.2, 0.25) is 0 Å². The summed E-state index contributed by atoms with van der Waals surface area (Å²) in [6.07, 6.45) is 5.00. The summed E-state index contributed by atoms with van der Waals surface area (Å²) in [6, 6.07) is 2.13. The van der Waals surface area contributed by atoms with Crippen LogP contribution < -0.4 is 10.9 Å². The lowest BCUT2D eigenvalue weighted by Gasteiger charge is -2.34. The number of fused-ring (bicyclic) bond motifs is 1. The second-order valence-electron chi connectivity index (χ2n) is 5.58. The molecule has 3 heterocycles. The lowest BCUT2D eigenvalue weighted by atomic mass is 10.1. The molecule has 0 saturated carbocycles. The van der Waals surface area contributed by atoms with E-state index in [4.69, 9.17) is 0 Å². The molecule has 114 valence electrons. The number of piperidine rings is 1. The van der Waals surface area contributed by atoms with Crippen molar-refractivity contribution >= 4 is 5.78 Å². The molecule has 1 aliphatic heterocycles. The standard InChI is InChI=1S/C14H22N6O/c1-2-6-19(12-4-3-5-15-8-12)9-11-7-13(21)20-14(18-11)16-10-17-20/h7,10,12,15H,2-6,8-9H2,1H3,(H,16,17,18). The van der Waals surface area contributed by atoms with Gasteiger partial charge in [-0.15, -0.1) is 0 Å². The zero-order valence-corrected chi connectivity index (χ0v) is 12.4. The molecule has 7 nitrogen and oxygen atoms in total. The lowest BCUT2D eigenvalue weighted by Crippen LogP contribution is -2.46. The minimum absolute atomic E-state index is 0.106. The summed E-state index contributed by atoms with van der Waals surface area (Å²) in [5, 5.41) is 6.21. The molecule has 2 aromatic rings. The minimum Gasteiger partial charge on any atom is -0.315 e. The van der Waals surface area contributed by atoms with Crippen LogP contribution in [-0.4, -0.2) is 50.2 Å². The smallest absolute Gasteiger partial charge is 0.274 e. The molecular formula is C14H22N6O. The molecule has 1 atom stereocenters. The normalized spacial score (nSPS) is 19.4. The highest BCUT2D eigenvalue weighted by molar-refractivity contribution is 5.26. The zero-order chi connectivity index (χ0) is 14.7. The number of rotatable bonds is 5. The zero-order valence-electron chi connectivity index (χ0n) is 12.4. The summed E-state index contributed by atoms with van der Waals surface area (Å²) >= 11 is 0. The molecule has 0 radical (unpaired) electrons. The minimum atomic E-state index is -0.106. The first-order valence-corrected chi connectivity index (χ1v) is 7.64. The highest BCUT2D eigenvalue weighted by atomic mass is 16.1. The molecule has 1 unspecified atom stereocenters. The van der Waals surface area contributed by atoms with E-state index in [2.05, 4.69) is 32.2 Å². The molecule has 21 heavy (non-hydrogen) atoms. The van der Waals surface area contributed by atoms with Crippen molar-refractivity contribution in [1.29, 1.82) is 0 Å². The number of nitrogens with zero attached hydrogens (tertiary/aromatic N) is 4. The van der Waals surface area contributed by atoms with Crippen molar-refractivity contribution in [3.05, 3.63) is 28.4 Å². The lowest BCUT2D eigenvalue weighted by molar-refractivity contribution is 0.156. The molecular weight excluding hydrogens is 268 g/mol. The number of hydrogen-bond acceptors (Lipinski definition) is 5. The van der Waals surface area contributed by atoms with E-state index in [1.165, 1.54) is 23.7 Å². The maximum Gasteiger partial charge on any atom is 0.274 e. The molecule has 1 fully saturated rings. The van der Waals surface area contributed by atoms with Crippen molar-refractivity contribution < 1.29 is 0 Å². The molecule has 0 aliphatic carbocycles. The van der Waals surface area contributed by atoms with Crippen LogP contribution in [0.3, 0.4) is 0 Å². The van der Waals surface area contributed by atoms with Gasteiger partial charge in [-0.2, -0.15) is 4.52 Å². The van der Waals surface area contributed by atoms with E-state index >= 15 is 0 Å². The van der Waals surface area contributed by atoms with Crippen molar-refractivity contribution in [2.75, 3.05) is 19.6 Å². The summed E-state index contributed by atoms with van der Waals surface area (Å²) in [7, 11) is 0. The second kappa shape index (κ2) is 6.36. The Morgan fingerprint density at radius 2 is 2.43 bits per heavy atom. The van der Waals surface area contributed by atoms with Crippen molar-refractivity contribution in [2.24, 2.45) is 0 Å². The second-order valence-corrected chi connectivity index (χ2v) is 5.58. The van der Waals surface area contributed by atoms with Crippen molar-refractivity contribution in [2.45, 2.75) is 38.8 Å². The molecule has 1 aliphatic rings. The number of H-pyrrole nitrogens is 1. The highest BCUT2D eigenvalue weighted by Crippen LogP contribution is 2.13. The Hall–Kier alpha value is -1.73. The summed E-state index contributed by atoms with van der Waals surface area (Å²) in [5.74, 6) is 0.440. The van der Waals surface area contributed by atoms with E-state index in [0.29, 0.717) is 18.4 Å². The topological polar surface area (TPSA) is 78.3 Å². The van der Waals surface area contributed by atoms with Crippen LogP contribution in [0.5, 0.6) is 0 Å². The van der Waals surface area contributed by atoms with Crippen LogP contribution in [0.4, 0.5) is 0 Å². The van der Waals surface area contributed by atoms with E-state index in [9.17, 15) is 4.79 Å². The Labute approximate surface area is 123 Å². The van der Waals surface area contributed by atoms with Crippen molar-refractivity contribution in [3.8, 4) is 0 Å². The van der Waals surface area contributed by atoms with Gasteiger partial charge in [-0.3, -0.25) is 14.8 Å². The predicted molar refractivity (Wildman–Crippen MR) is 80.2 cm³/mol. The summed E-state index contributed by atoms with van der Waals surface area (Å²) in [5.41, 5.74) is 0.692. The van der Waals surface area contributed by atoms with Gasteiger partial charge in [-0.05, 0) is 32.4 Å². The van der Waals surface area contributed by atoms with Crippen LogP contribution in [0.1, 0.15) is 31.9 Å². The molecule has 0 bridgehead atoms. The highest BCUT2D eigenvalue weighted by Gasteiger charge is 2.21. The molecule has 0 aromatic carbocycles. The monoisotopic (exact) mass is 290 g/mol. The van der Waals surface area contributed by atoms with Gasteiger partial charge in [0.25, 0.3) is 11.3 Å². The molecule has 2 N–H and O–H groups in total. The Kier molecular flexibility index (Phi) is 4.31. The molecule has 3 rings (SSSR count). The van der Waals surface area contributed by atoms with E-state index in [0.717, 1.165) is 31.7 Å². The van der Waals surface area contributed by atoms with E-state index in [-0.39, 0.29) is 5.56 Å². The van der Waals surface area contributed by atoms with Gasteiger partial charge < -0.3 is 5.32 Å². The van der Waals surface area contributed by atoms with Gasteiger partial charge in [0.15, 0.2) is 0 Å². The maximum absolute atomic E-state index is 12.0. The quantitative estimate of drug-likeness (QED) is 0.832. The van der Waals surface area contributed by atoms with Gasteiger partial charge in [0.1, 0.15) is 6.33 Å². The fraction of sp³-hybridized carbons (Fsp3) is 0.643. The van der Waals surface area contributed by atoms with Gasteiger partial charge in [-0.1, -0.05) is 6.92 Å². The first kappa shape index (κ1) is 14.2. The van der Waals surface area contributed by atoms with Crippen molar-refractivity contribution in [1.82, 2.24) is 29.8 Å². The molecule has 0 amide bonds.